The van der Waals surface area contributed by atoms with Crippen LogP contribution in [0.25, 0.3) is 0 Å². The number of fused-ring (bicyclic) bond motifs is 1. The van der Waals surface area contributed by atoms with Crippen LogP contribution in [-0.2, 0) is 11.3 Å². The first-order valence-corrected chi connectivity index (χ1v) is 9.07. The maximum atomic E-state index is 12.4. The van der Waals surface area contributed by atoms with Gasteiger partial charge in [-0.15, -0.1) is 0 Å². The molecule has 1 saturated heterocycles. The van der Waals surface area contributed by atoms with E-state index in [4.69, 9.17) is 0 Å². The predicted molar refractivity (Wildman–Crippen MR) is 95.5 cm³/mol. The Morgan fingerprint density at radius 3 is 2.79 bits per heavy atom. The van der Waals surface area contributed by atoms with Gasteiger partial charge in [-0.05, 0) is 58.0 Å². The minimum atomic E-state index is 0.278. The maximum Gasteiger partial charge on any atom is 0.236 e. The molecule has 0 radical (unpaired) electrons. The van der Waals surface area contributed by atoms with Crippen LogP contribution < -0.4 is 0 Å². The Balaban J connectivity index is 1.64. The molecule has 2 aliphatic rings. The Bertz CT molecular complexity index is 548. The number of pyridine rings is 1. The average molecular weight is 330 g/mol. The van der Waals surface area contributed by atoms with Crippen molar-refractivity contribution in [2.45, 2.75) is 31.8 Å². The molecule has 3 atom stereocenters. The van der Waals surface area contributed by atoms with Crippen molar-refractivity contribution < 1.29 is 4.79 Å². The van der Waals surface area contributed by atoms with Gasteiger partial charge in [-0.2, -0.15) is 0 Å². The number of rotatable bonds is 5. The molecule has 24 heavy (non-hydrogen) atoms. The predicted octanol–water partition coefficient (Wildman–Crippen LogP) is 1.70. The summed E-state index contributed by atoms with van der Waals surface area (Å²) in [6, 6.07) is 6.67. The third kappa shape index (κ3) is 3.95. The molecule has 0 spiro atoms. The first-order valence-electron chi connectivity index (χ1n) is 9.07. The Hall–Kier alpha value is -1.46. The highest BCUT2D eigenvalue weighted by Gasteiger charge is 2.42. The van der Waals surface area contributed by atoms with Crippen molar-refractivity contribution in [3.8, 4) is 0 Å². The van der Waals surface area contributed by atoms with E-state index >= 15 is 0 Å². The fraction of sp³-hybridized carbons (Fsp3) is 0.684. The van der Waals surface area contributed by atoms with E-state index in [2.05, 4.69) is 34.0 Å². The summed E-state index contributed by atoms with van der Waals surface area (Å²) in [4.78, 5) is 23.4. The van der Waals surface area contributed by atoms with Gasteiger partial charge in [-0.1, -0.05) is 12.5 Å². The highest BCUT2D eigenvalue weighted by atomic mass is 16.2. The first kappa shape index (κ1) is 17.4. The van der Waals surface area contributed by atoms with Gasteiger partial charge in [-0.25, -0.2) is 0 Å². The van der Waals surface area contributed by atoms with E-state index in [1.807, 2.05) is 31.3 Å². The van der Waals surface area contributed by atoms with E-state index in [0.29, 0.717) is 24.4 Å². The SMILES string of the molecule is CN(C)CC(=O)N1C[C@@H]2CCCC(N(C)Cc3ccccn3)[C@@H]2C1. The Morgan fingerprint density at radius 1 is 1.25 bits per heavy atom. The molecule has 1 unspecified atom stereocenters. The second-order valence-corrected chi connectivity index (χ2v) is 7.69. The van der Waals surface area contributed by atoms with E-state index in [9.17, 15) is 4.79 Å². The van der Waals surface area contributed by atoms with Crippen LogP contribution in [0, 0.1) is 11.8 Å². The van der Waals surface area contributed by atoms with E-state index in [-0.39, 0.29) is 5.91 Å². The van der Waals surface area contributed by atoms with E-state index in [0.717, 1.165) is 25.3 Å². The van der Waals surface area contributed by atoms with Gasteiger partial charge < -0.3 is 9.80 Å². The van der Waals surface area contributed by atoms with Crippen molar-refractivity contribution in [1.82, 2.24) is 19.7 Å². The van der Waals surface area contributed by atoms with Gasteiger partial charge in [-0.3, -0.25) is 14.7 Å². The van der Waals surface area contributed by atoms with Gasteiger partial charge in [0.1, 0.15) is 0 Å². The van der Waals surface area contributed by atoms with Crippen molar-refractivity contribution in [2.75, 3.05) is 40.8 Å². The summed E-state index contributed by atoms with van der Waals surface area (Å²) in [5, 5.41) is 0. The minimum Gasteiger partial charge on any atom is -0.341 e. The number of carbonyl (C=O) groups is 1. The summed E-state index contributed by atoms with van der Waals surface area (Å²) in [7, 11) is 6.14. The molecular weight excluding hydrogens is 300 g/mol. The largest absolute Gasteiger partial charge is 0.341 e. The summed E-state index contributed by atoms with van der Waals surface area (Å²) in [5.74, 6) is 1.56. The number of hydrogen-bond acceptors (Lipinski definition) is 4. The lowest BCUT2D eigenvalue weighted by atomic mass is 9.77. The number of amides is 1. The average Bonchev–Trinajstić information content (AvgIpc) is 2.99. The number of likely N-dealkylation sites (N-methyl/N-ethyl adjacent to an activating group) is 1. The van der Waals surface area contributed by atoms with Crippen LogP contribution in [0.4, 0.5) is 0 Å². The normalized spacial score (nSPS) is 26.9. The van der Waals surface area contributed by atoms with Crippen molar-refractivity contribution >= 4 is 5.91 Å². The molecule has 3 rings (SSSR count). The molecule has 0 aromatic carbocycles. The summed E-state index contributed by atoms with van der Waals surface area (Å²) in [6.07, 6.45) is 5.64. The van der Waals surface area contributed by atoms with Gasteiger partial charge in [0.15, 0.2) is 0 Å². The van der Waals surface area contributed by atoms with Gasteiger partial charge in [0, 0.05) is 31.9 Å². The first-order chi connectivity index (χ1) is 11.5. The van der Waals surface area contributed by atoms with Crippen LogP contribution in [0.3, 0.4) is 0 Å². The molecule has 1 aromatic rings. The van der Waals surface area contributed by atoms with E-state index in [1.54, 1.807) is 0 Å². The summed E-state index contributed by atoms with van der Waals surface area (Å²) < 4.78 is 0. The van der Waals surface area contributed by atoms with Crippen LogP contribution >= 0.6 is 0 Å². The second kappa shape index (κ2) is 7.62. The lowest BCUT2D eigenvalue weighted by Gasteiger charge is -2.38. The van der Waals surface area contributed by atoms with Crippen molar-refractivity contribution in [1.29, 1.82) is 0 Å². The fourth-order valence-corrected chi connectivity index (χ4v) is 4.43. The molecule has 5 nitrogen and oxygen atoms in total. The molecule has 5 heteroatoms. The fourth-order valence-electron chi connectivity index (χ4n) is 4.43. The molecule has 1 aliphatic heterocycles. The molecule has 2 heterocycles. The maximum absolute atomic E-state index is 12.4. The second-order valence-electron chi connectivity index (χ2n) is 7.69. The van der Waals surface area contributed by atoms with Gasteiger partial charge in [0.05, 0.1) is 12.2 Å². The number of likely N-dealkylation sites (tertiary alicyclic amines) is 1. The molecule has 0 bridgehead atoms. The number of aromatic nitrogens is 1. The van der Waals surface area contributed by atoms with Crippen LogP contribution in [0.1, 0.15) is 25.0 Å². The molecule has 1 saturated carbocycles. The standard InChI is InChI=1S/C19H30N4O/c1-21(2)14-19(24)23-11-15-7-6-9-18(17(15)13-23)22(3)12-16-8-4-5-10-20-16/h4-5,8,10,15,17-18H,6-7,9,11-14H2,1-3H3/t15-,17+,18?/m0/s1. The molecule has 1 aliphatic carbocycles. The van der Waals surface area contributed by atoms with Gasteiger partial charge in [0.2, 0.25) is 5.91 Å². The topological polar surface area (TPSA) is 39.7 Å². The smallest absolute Gasteiger partial charge is 0.236 e. The van der Waals surface area contributed by atoms with Crippen molar-refractivity contribution in [2.24, 2.45) is 11.8 Å². The molecule has 2 fully saturated rings. The monoisotopic (exact) mass is 330 g/mol. The zero-order valence-corrected chi connectivity index (χ0v) is 15.2. The molecule has 132 valence electrons. The molecular formula is C19H30N4O. The highest BCUT2D eigenvalue weighted by Crippen LogP contribution is 2.38. The lowest BCUT2D eigenvalue weighted by Crippen LogP contribution is -2.43. The molecule has 1 aromatic heterocycles. The zero-order chi connectivity index (χ0) is 17.1. The third-order valence-electron chi connectivity index (χ3n) is 5.57. The van der Waals surface area contributed by atoms with Crippen LogP contribution in [0.2, 0.25) is 0 Å². The summed E-state index contributed by atoms with van der Waals surface area (Å²) >= 11 is 0. The van der Waals surface area contributed by atoms with Crippen LogP contribution in [-0.4, -0.2) is 72.4 Å². The van der Waals surface area contributed by atoms with Gasteiger partial charge >= 0.3 is 0 Å². The van der Waals surface area contributed by atoms with Crippen LogP contribution in [0.5, 0.6) is 0 Å². The summed E-state index contributed by atoms with van der Waals surface area (Å²) in [6.45, 7) is 3.29. The van der Waals surface area contributed by atoms with Crippen molar-refractivity contribution in [3.05, 3.63) is 30.1 Å². The zero-order valence-electron chi connectivity index (χ0n) is 15.2. The Morgan fingerprint density at radius 2 is 2.08 bits per heavy atom. The van der Waals surface area contributed by atoms with Crippen molar-refractivity contribution in [3.63, 3.8) is 0 Å². The Labute approximate surface area is 145 Å². The minimum absolute atomic E-state index is 0.278. The molecule has 1 amide bonds. The highest BCUT2D eigenvalue weighted by molar-refractivity contribution is 5.78. The van der Waals surface area contributed by atoms with Crippen LogP contribution in [0.15, 0.2) is 24.4 Å². The number of nitrogens with zero attached hydrogens (tertiary/aromatic N) is 4. The third-order valence-corrected chi connectivity index (χ3v) is 5.57. The molecule has 0 N–H and O–H groups in total. The quantitative estimate of drug-likeness (QED) is 0.824. The lowest BCUT2D eigenvalue weighted by molar-refractivity contribution is -0.131. The van der Waals surface area contributed by atoms with Gasteiger partial charge in [0.25, 0.3) is 0 Å². The van der Waals surface area contributed by atoms with E-state index < -0.39 is 0 Å². The number of hydrogen-bond donors (Lipinski definition) is 0. The Kier molecular flexibility index (Phi) is 5.51. The van der Waals surface area contributed by atoms with E-state index in [1.165, 1.54) is 19.3 Å². The number of carbonyl (C=O) groups excluding carboxylic acids is 1. The summed E-state index contributed by atoms with van der Waals surface area (Å²) in [5.41, 5.74) is 1.13.